The average Bonchev–Trinajstić information content (AvgIpc) is 3.20. The lowest BCUT2D eigenvalue weighted by atomic mass is 10.1. The Morgan fingerprint density at radius 3 is 2.50 bits per heavy atom. The fourth-order valence-corrected chi connectivity index (χ4v) is 3.98. The van der Waals surface area contributed by atoms with Gasteiger partial charge in [-0.2, -0.15) is 0 Å². The van der Waals surface area contributed by atoms with E-state index in [1.807, 2.05) is 51.1 Å². The summed E-state index contributed by atoms with van der Waals surface area (Å²) >= 11 is 0. The van der Waals surface area contributed by atoms with E-state index in [2.05, 4.69) is 15.7 Å². The number of nitrogens with one attached hydrogen (secondary N) is 2. The van der Waals surface area contributed by atoms with Crippen LogP contribution in [0.15, 0.2) is 58.1 Å². The molecule has 0 saturated carbocycles. The third-order valence-electron chi connectivity index (χ3n) is 6.10. The number of hydrogen-bond acceptors (Lipinski definition) is 5. The third kappa shape index (κ3) is 4.93. The molecule has 0 saturated heterocycles. The summed E-state index contributed by atoms with van der Waals surface area (Å²) < 4.78 is 3.78. The Morgan fingerprint density at radius 1 is 1.06 bits per heavy atom. The van der Waals surface area contributed by atoms with Crippen LogP contribution in [0.2, 0.25) is 0 Å². The Labute approximate surface area is 207 Å². The summed E-state index contributed by atoms with van der Waals surface area (Å²) in [5, 5.41) is 10.3. The van der Waals surface area contributed by atoms with Gasteiger partial charge in [-0.3, -0.25) is 19.0 Å². The average molecular weight is 491 g/mol. The van der Waals surface area contributed by atoms with E-state index in [9.17, 15) is 19.2 Å². The van der Waals surface area contributed by atoms with Crippen molar-refractivity contribution >= 4 is 28.5 Å². The second-order valence-electron chi connectivity index (χ2n) is 8.81. The summed E-state index contributed by atoms with van der Waals surface area (Å²) in [5.74, 6) is -0.542. The number of aryl methyl sites for hydroxylation is 1. The minimum Gasteiger partial charge on any atom is -0.350 e. The zero-order valence-corrected chi connectivity index (χ0v) is 20.7. The summed E-state index contributed by atoms with van der Waals surface area (Å²) in [5.41, 5.74) is 0.671. The summed E-state index contributed by atoms with van der Waals surface area (Å²) in [4.78, 5) is 52.0. The van der Waals surface area contributed by atoms with Crippen LogP contribution in [0.25, 0.3) is 16.7 Å². The van der Waals surface area contributed by atoms with Crippen LogP contribution in [0, 0.1) is 0 Å². The largest absolute Gasteiger partial charge is 0.352 e. The molecule has 0 aliphatic heterocycles. The summed E-state index contributed by atoms with van der Waals surface area (Å²) in [7, 11) is 0. The molecule has 2 aromatic carbocycles. The highest BCUT2D eigenvalue weighted by Crippen LogP contribution is 2.15. The number of hydrogen-bond donors (Lipinski definition) is 2. The van der Waals surface area contributed by atoms with Crippen molar-refractivity contribution < 1.29 is 9.59 Å². The fourth-order valence-electron chi connectivity index (χ4n) is 3.98. The van der Waals surface area contributed by atoms with Gasteiger partial charge >= 0.3 is 5.69 Å². The SMILES string of the molecule is CCCn1c(=O)c2ccc(C(=O)NC(C)CC)cc2n2c(=O)n(CC(=O)NCc3ccccc3)nc12. The van der Waals surface area contributed by atoms with Crippen LogP contribution in [0.1, 0.15) is 49.5 Å². The first kappa shape index (κ1) is 24.9. The van der Waals surface area contributed by atoms with Gasteiger partial charge < -0.3 is 10.6 Å². The van der Waals surface area contributed by atoms with Crippen LogP contribution in [-0.2, 0) is 24.4 Å². The maximum absolute atomic E-state index is 13.4. The number of carbonyl (C=O) groups is 2. The number of amides is 2. The quantitative estimate of drug-likeness (QED) is 0.372. The molecule has 2 heterocycles. The topological polar surface area (TPSA) is 120 Å². The van der Waals surface area contributed by atoms with Crippen molar-refractivity contribution in [3.8, 4) is 0 Å². The fraction of sp³-hybridized carbons (Fsp3) is 0.346. The van der Waals surface area contributed by atoms with Crippen LogP contribution in [-0.4, -0.2) is 36.6 Å². The molecular weight excluding hydrogens is 460 g/mol. The van der Waals surface area contributed by atoms with E-state index >= 15 is 0 Å². The van der Waals surface area contributed by atoms with E-state index in [4.69, 9.17) is 0 Å². The van der Waals surface area contributed by atoms with Gasteiger partial charge in [-0.15, -0.1) is 5.10 Å². The van der Waals surface area contributed by atoms with Gasteiger partial charge in [0, 0.05) is 24.7 Å². The number of rotatable bonds is 9. The Morgan fingerprint density at radius 2 is 1.81 bits per heavy atom. The molecule has 0 spiro atoms. The van der Waals surface area contributed by atoms with Crippen molar-refractivity contribution in [3.63, 3.8) is 0 Å². The zero-order chi connectivity index (χ0) is 25.8. The first-order chi connectivity index (χ1) is 17.3. The lowest BCUT2D eigenvalue weighted by Crippen LogP contribution is -2.33. The smallest absolute Gasteiger partial charge is 0.350 e. The van der Waals surface area contributed by atoms with Gasteiger partial charge in [0.1, 0.15) is 6.54 Å². The predicted octanol–water partition coefficient (Wildman–Crippen LogP) is 2.07. The second kappa shape index (κ2) is 10.6. The summed E-state index contributed by atoms with van der Waals surface area (Å²) in [6, 6.07) is 14.1. The Kier molecular flexibility index (Phi) is 7.33. The van der Waals surface area contributed by atoms with Crippen LogP contribution in [0.4, 0.5) is 0 Å². The van der Waals surface area contributed by atoms with Gasteiger partial charge in [0.05, 0.1) is 10.9 Å². The molecule has 2 aromatic heterocycles. The standard InChI is InChI=1S/C26H30N6O4/c1-4-13-30-24(35)20-12-11-19(23(34)28-17(3)5-2)14-21(20)32-25(30)29-31(26(32)36)16-22(33)27-15-18-9-7-6-8-10-18/h6-12,14,17H,4-5,13,15-16H2,1-3H3,(H,27,33)(H,28,34). The molecule has 0 radical (unpaired) electrons. The lowest BCUT2D eigenvalue weighted by Gasteiger charge is -2.13. The number of aromatic nitrogens is 4. The molecule has 36 heavy (non-hydrogen) atoms. The molecule has 0 fully saturated rings. The number of carbonyl (C=O) groups excluding carboxylic acids is 2. The first-order valence-corrected chi connectivity index (χ1v) is 12.1. The minimum absolute atomic E-state index is 0.0226. The first-order valence-electron chi connectivity index (χ1n) is 12.1. The number of benzene rings is 2. The highest BCUT2D eigenvalue weighted by atomic mass is 16.2. The molecule has 10 nitrogen and oxygen atoms in total. The molecule has 2 amide bonds. The van der Waals surface area contributed by atoms with Crippen molar-refractivity contribution in [2.75, 3.05) is 0 Å². The minimum atomic E-state index is -0.561. The van der Waals surface area contributed by atoms with E-state index in [0.29, 0.717) is 30.5 Å². The normalized spacial score (nSPS) is 12.1. The highest BCUT2D eigenvalue weighted by Gasteiger charge is 2.20. The van der Waals surface area contributed by atoms with Crippen molar-refractivity contribution in [3.05, 3.63) is 80.5 Å². The van der Waals surface area contributed by atoms with Gasteiger partial charge in [-0.25, -0.2) is 13.9 Å². The van der Waals surface area contributed by atoms with Crippen LogP contribution < -0.4 is 21.9 Å². The number of fused-ring (bicyclic) bond motifs is 3. The maximum Gasteiger partial charge on any atom is 0.352 e. The van der Waals surface area contributed by atoms with E-state index in [1.165, 1.54) is 15.0 Å². The summed E-state index contributed by atoms with van der Waals surface area (Å²) in [6.07, 6.45) is 1.42. The molecule has 0 aliphatic carbocycles. The van der Waals surface area contributed by atoms with Gasteiger partial charge in [0.15, 0.2) is 0 Å². The van der Waals surface area contributed by atoms with E-state index in [0.717, 1.165) is 16.7 Å². The van der Waals surface area contributed by atoms with Crippen LogP contribution in [0.3, 0.4) is 0 Å². The Hall–Kier alpha value is -4.21. The van der Waals surface area contributed by atoms with Crippen LogP contribution >= 0.6 is 0 Å². The van der Waals surface area contributed by atoms with Crippen molar-refractivity contribution in [1.82, 2.24) is 29.4 Å². The highest BCUT2D eigenvalue weighted by molar-refractivity contribution is 5.98. The van der Waals surface area contributed by atoms with Gasteiger partial charge in [-0.1, -0.05) is 44.2 Å². The maximum atomic E-state index is 13.4. The monoisotopic (exact) mass is 490 g/mol. The zero-order valence-electron chi connectivity index (χ0n) is 20.7. The van der Waals surface area contributed by atoms with Crippen molar-refractivity contribution in [2.45, 2.75) is 59.3 Å². The molecule has 4 rings (SSSR count). The van der Waals surface area contributed by atoms with Gasteiger partial charge in [0.2, 0.25) is 11.7 Å². The lowest BCUT2D eigenvalue weighted by molar-refractivity contribution is -0.122. The molecule has 4 aromatic rings. The predicted molar refractivity (Wildman–Crippen MR) is 137 cm³/mol. The third-order valence-corrected chi connectivity index (χ3v) is 6.10. The molecule has 10 heteroatoms. The van der Waals surface area contributed by atoms with E-state index in [1.54, 1.807) is 12.1 Å². The van der Waals surface area contributed by atoms with Crippen molar-refractivity contribution in [1.29, 1.82) is 0 Å². The van der Waals surface area contributed by atoms with E-state index < -0.39 is 5.69 Å². The second-order valence-corrected chi connectivity index (χ2v) is 8.81. The van der Waals surface area contributed by atoms with Crippen molar-refractivity contribution in [2.24, 2.45) is 0 Å². The van der Waals surface area contributed by atoms with Gasteiger partial charge in [-0.05, 0) is 43.5 Å². The Balaban J connectivity index is 1.76. The van der Waals surface area contributed by atoms with Crippen LogP contribution in [0.5, 0.6) is 0 Å². The molecule has 1 unspecified atom stereocenters. The molecule has 0 bridgehead atoms. The van der Waals surface area contributed by atoms with E-state index in [-0.39, 0.29) is 41.3 Å². The molecule has 2 N–H and O–H groups in total. The summed E-state index contributed by atoms with van der Waals surface area (Å²) in [6.45, 7) is 6.16. The molecule has 0 aliphatic rings. The van der Waals surface area contributed by atoms with Gasteiger partial charge in [0.25, 0.3) is 11.5 Å². The molecule has 1 atom stereocenters. The number of nitrogens with zero attached hydrogens (tertiary/aromatic N) is 4. The molecule has 188 valence electrons. The Bertz CT molecular complexity index is 1530. The molecular formula is C26H30N6O4.